The number of rotatable bonds is 3. The van der Waals surface area contributed by atoms with E-state index < -0.39 is 6.10 Å². The van der Waals surface area contributed by atoms with Gasteiger partial charge in [-0.05, 0) is 18.6 Å². The van der Waals surface area contributed by atoms with E-state index in [2.05, 4.69) is 4.98 Å². The molecule has 0 fully saturated rings. The molecule has 0 aliphatic heterocycles. The van der Waals surface area contributed by atoms with E-state index in [1.807, 2.05) is 6.92 Å². The number of hydrogen-bond acceptors (Lipinski definition) is 4. The van der Waals surface area contributed by atoms with Gasteiger partial charge in [0.1, 0.15) is 11.9 Å². The standard InChI is InChI=1S/C9H15N3O/c1-2-6(10)9(13)7-4-3-5-8(11)12-7/h3-6,9,13H,2,10H2,1H3,(H2,11,12). The number of pyridine rings is 1. The molecule has 0 spiro atoms. The summed E-state index contributed by atoms with van der Waals surface area (Å²) >= 11 is 0. The van der Waals surface area contributed by atoms with Crippen LogP contribution >= 0.6 is 0 Å². The maximum Gasteiger partial charge on any atom is 0.123 e. The maximum atomic E-state index is 9.67. The zero-order valence-corrected chi connectivity index (χ0v) is 7.64. The highest BCUT2D eigenvalue weighted by Crippen LogP contribution is 2.15. The highest BCUT2D eigenvalue weighted by molar-refractivity contribution is 5.29. The highest BCUT2D eigenvalue weighted by Gasteiger charge is 2.15. The molecule has 72 valence electrons. The van der Waals surface area contributed by atoms with Gasteiger partial charge in [-0.15, -0.1) is 0 Å². The van der Waals surface area contributed by atoms with Crippen LogP contribution in [-0.4, -0.2) is 16.1 Å². The lowest BCUT2D eigenvalue weighted by Crippen LogP contribution is -2.28. The van der Waals surface area contributed by atoms with E-state index in [0.717, 1.165) is 0 Å². The van der Waals surface area contributed by atoms with Crippen LogP contribution in [0, 0.1) is 0 Å². The number of hydrogen-bond donors (Lipinski definition) is 3. The Morgan fingerprint density at radius 2 is 2.23 bits per heavy atom. The van der Waals surface area contributed by atoms with Crippen LogP contribution < -0.4 is 11.5 Å². The Morgan fingerprint density at radius 3 is 2.77 bits per heavy atom. The molecule has 1 aromatic rings. The smallest absolute Gasteiger partial charge is 0.123 e. The molecule has 2 atom stereocenters. The number of anilines is 1. The second kappa shape index (κ2) is 4.20. The van der Waals surface area contributed by atoms with Crippen molar-refractivity contribution in [3.8, 4) is 0 Å². The van der Waals surface area contributed by atoms with Crippen molar-refractivity contribution >= 4 is 5.82 Å². The van der Waals surface area contributed by atoms with Gasteiger partial charge in [0.15, 0.2) is 0 Å². The van der Waals surface area contributed by atoms with E-state index in [0.29, 0.717) is 17.9 Å². The van der Waals surface area contributed by atoms with Crippen LogP contribution in [0.5, 0.6) is 0 Å². The zero-order chi connectivity index (χ0) is 9.84. The molecule has 1 rings (SSSR count). The molecular formula is C9H15N3O. The zero-order valence-electron chi connectivity index (χ0n) is 7.64. The minimum absolute atomic E-state index is 0.283. The molecule has 0 aromatic carbocycles. The summed E-state index contributed by atoms with van der Waals surface area (Å²) in [5.74, 6) is 0.403. The molecule has 1 heterocycles. The van der Waals surface area contributed by atoms with E-state index in [9.17, 15) is 5.11 Å². The summed E-state index contributed by atoms with van der Waals surface area (Å²) in [5.41, 5.74) is 11.7. The Bertz CT molecular complexity index is 277. The molecule has 0 aliphatic carbocycles. The molecule has 5 N–H and O–H groups in total. The minimum Gasteiger partial charge on any atom is -0.385 e. The first-order chi connectivity index (χ1) is 6.15. The predicted molar refractivity (Wildman–Crippen MR) is 51.9 cm³/mol. The molecule has 4 nitrogen and oxygen atoms in total. The molecule has 0 radical (unpaired) electrons. The van der Waals surface area contributed by atoms with Gasteiger partial charge in [0.2, 0.25) is 0 Å². The summed E-state index contributed by atoms with van der Waals surface area (Å²) in [4.78, 5) is 3.99. The molecule has 0 aliphatic rings. The molecule has 0 bridgehead atoms. The number of aromatic nitrogens is 1. The van der Waals surface area contributed by atoms with E-state index in [4.69, 9.17) is 11.5 Å². The topological polar surface area (TPSA) is 85.2 Å². The van der Waals surface area contributed by atoms with Crippen LogP contribution in [-0.2, 0) is 0 Å². The fraction of sp³-hybridized carbons (Fsp3) is 0.444. The monoisotopic (exact) mass is 181 g/mol. The molecule has 0 saturated carbocycles. The number of aliphatic hydroxyl groups excluding tert-OH is 1. The molecule has 13 heavy (non-hydrogen) atoms. The lowest BCUT2D eigenvalue weighted by Gasteiger charge is -2.16. The molecule has 4 heteroatoms. The summed E-state index contributed by atoms with van der Waals surface area (Å²) in [7, 11) is 0. The van der Waals surface area contributed by atoms with Gasteiger partial charge >= 0.3 is 0 Å². The molecule has 0 saturated heterocycles. The van der Waals surface area contributed by atoms with Crippen molar-refractivity contribution in [3.05, 3.63) is 23.9 Å². The third-order valence-electron chi connectivity index (χ3n) is 1.97. The second-order valence-corrected chi connectivity index (χ2v) is 3.00. The Labute approximate surface area is 77.6 Å². The van der Waals surface area contributed by atoms with Gasteiger partial charge in [0.05, 0.1) is 5.69 Å². The van der Waals surface area contributed by atoms with Crippen LogP contribution in [0.25, 0.3) is 0 Å². The fourth-order valence-corrected chi connectivity index (χ4v) is 1.08. The summed E-state index contributed by atoms with van der Waals surface area (Å²) in [5, 5.41) is 9.67. The van der Waals surface area contributed by atoms with Crippen molar-refractivity contribution < 1.29 is 5.11 Å². The second-order valence-electron chi connectivity index (χ2n) is 3.00. The van der Waals surface area contributed by atoms with Gasteiger partial charge in [0, 0.05) is 6.04 Å². The minimum atomic E-state index is -0.728. The van der Waals surface area contributed by atoms with Crippen molar-refractivity contribution in [1.29, 1.82) is 0 Å². The molecule has 1 aromatic heterocycles. The van der Waals surface area contributed by atoms with Crippen molar-refractivity contribution in [3.63, 3.8) is 0 Å². The molecule has 0 amide bonds. The van der Waals surface area contributed by atoms with Gasteiger partial charge in [-0.3, -0.25) is 0 Å². The largest absolute Gasteiger partial charge is 0.385 e. The quantitative estimate of drug-likeness (QED) is 0.631. The average Bonchev–Trinajstić information content (AvgIpc) is 2.15. The lowest BCUT2D eigenvalue weighted by atomic mass is 10.1. The van der Waals surface area contributed by atoms with Gasteiger partial charge in [0.25, 0.3) is 0 Å². The van der Waals surface area contributed by atoms with Crippen molar-refractivity contribution in [2.45, 2.75) is 25.5 Å². The van der Waals surface area contributed by atoms with Gasteiger partial charge in [-0.1, -0.05) is 13.0 Å². The van der Waals surface area contributed by atoms with E-state index >= 15 is 0 Å². The van der Waals surface area contributed by atoms with Crippen molar-refractivity contribution in [2.75, 3.05) is 5.73 Å². The average molecular weight is 181 g/mol. The van der Waals surface area contributed by atoms with Crippen LogP contribution in [0.2, 0.25) is 0 Å². The molecular weight excluding hydrogens is 166 g/mol. The van der Waals surface area contributed by atoms with Crippen LogP contribution in [0.1, 0.15) is 25.1 Å². The maximum absolute atomic E-state index is 9.67. The Balaban J connectivity index is 2.82. The first kappa shape index (κ1) is 9.95. The Kier molecular flexibility index (Phi) is 3.22. The van der Waals surface area contributed by atoms with E-state index in [1.54, 1.807) is 18.2 Å². The van der Waals surface area contributed by atoms with E-state index in [1.165, 1.54) is 0 Å². The van der Waals surface area contributed by atoms with E-state index in [-0.39, 0.29) is 6.04 Å². The third kappa shape index (κ3) is 2.40. The van der Waals surface area contributed by atoms with Gasteiger partial charge in [-0.2, -0.15) is 0 Å². The Hall–Kier alpha value is -1.13. The lowest BCUT2D eigenvalue weighted by molar-refractivity contribution is 0.140. The summed E-state index contributed by atoms with van der Waals surface area (Å²) < 4.78 is 0. The number of nitrogen functional groups attached to an aromatic ring is 1. The SMILES string of the molecule is CCC(N)C(O)c1cccc(N)n1. The summed E-state index contributed by atoms with van der Waals surface area (Å²) in [6.07, 6.45) is -0.0222. The molecule has 2 unspecified atom stereocenters. The number of aliphatic hydroxyl groups is 1. The summed E-state index contributed by atoms with van der Waals surface area (Å²) in [6.45, 7) is 1.92. The first-order valence-electron chi connectivity index (χ1n) is 4.31. The Morgan fingerprint density at radius 1 is 1.54 bits per heavy atom. The van der Waals surface area contributed by atoms with Crippen molar-refractivity contribution in [2.24, 2.45) is 5.73 Å². The van der Waals surface area contributed by atoms with Gasteiger partial charge in [-0.25, -0.2) is 4.98 Å². The normalized spacial score (nSPS) is 15.3. The number of nitrogens with zero attached hydrogens (tertiary/aromatic N) is 1. The predicted octanol–water partition coefficient (Wildman–Crippen LogP) is 0.434. The third-order valence-corrected chi connectivity index (χ3v) is 1.97. The number of nitrogens with two attached hydrogens (primary N) is 2. The van der Waals surface area contributed by atoms with Gasteiger partial charge < -0.3 is 16.6 Å². The highest BCUT2D eigenvalue weighted by atomic mass is 16.3. The first-order valence-corrected chi connectivity index (χ1v) is 4.31. The van der Waals surface area contributed by atoms with Crippen molar-refractivity contribution in [1.82, 2.24) is 4.98 Å². The summed E-state index contributed by atoms with van der Waals surface area (Å²) in [6, 6.07) is 4.86. The van der Waals surface area contributed by atoms with Crippen LogP contribution in [0.15, 0.2) is 18.2 Å². The van der Waals surface area contributed by atoms with Crippen LogP contribution in [0.3, 0.4) is 0 Å². The fourth-order valence-electron chi connectivity index (χ4n) is 1.08. The van der Waals surface area contributed by atoms with Crippen LogP contribution in [0.4, 0.5) is 5.82 Å².